The first-order valence-electron chi connectivity index (χ1n) is 6.07. The fourth-order valence-corrected chi connectivity index (χ4v) is 2.50. The number of benzene rings is 1. The monoisotopic (exact) mass is 238 g/mol. The highest BCUT2D eigenvalue weighted by Gasteiger charge is 2.28. The molecular weight excluding hydrogens is 224 g/mol. The third-order valence-electron chi connectivity index (χ3n) is 3.49. The number of likely N-dealkylation sites (tertiary alicyclic amines) is 1. The molecule has 2 heterocycles. The molecule has 1 saturated heterocycles. The summed E-state index contributed by atoms with van der Waals surface area (Å²) >= 11 is 0. The van der Waals surface area contributed by atoms with Gasteiger partial charge in [-0.3, -0.25) is 4.79 Å². The van der Waals surface area contributed by atoms with E-state index < -0.39 is 0 Å². The number of hydrogen-bond donors (Lipinski definition) is 1. The molecule has 1 fully saturated rings. The number of nitrogens with zero attached hydrogens (tertiary/aromatic N) is 1. The molecule has 0 radical (unpaired) electrons. The number of amides is 1. The molecule has 1 aromatic carbocycles. The number of H-pyrrole nitrogens is 1. The second-order valence-electron chi connectivity index (χ2n) is 4.70. The van der Waals surface area contributed by atoms with E-state index in [1.165, 1.54) is 5.39 Å². The molecular formula is C15H14N2O. The van der Waals surface area contributed by atoms with Gasteiger partial charge in [0.1, 0.15) is 0 Å². The number of aromatic amines is 1. The second kappa shape index (κ2) is 4.23. The van der Waals surface area contributed by atoms with Crippen LogP contribution in [0.5, 0.6) is 0 Å². The van der Waals surface area contributed by atoms with Crippen molar-refractivity contribution in [1.29, 1.82) is 0 Å². The number of terminal acetylenes is 1. The summed E-state index contributed by atoms with van der Waals surface area (Å²) in [6, 6.07) is 8.11. The smallest absolute Gasteiger partial charge is 0.224 e. The van der Waals surface area contributed by atoms with E-state index >= 15 is 0 Å². The van der Waals surface area contributed by atoms with Crippen LogP contribution in [0, 0.1) is 18.3 Å². The number of fused-ring (bicyclic) bond motifs is 1. The lowest BCUT2D eigenvalue weighted by molar-refractivity contribution is -0.128. The van der Waals surface area contributed by atoms with Gasteiger partial charge in [-0.15, -0.1) is 12.3 Å². The highest BCUT2D eigenvalue weighted by molar-refractivity contribution is 5.84. The summed E-state index contributed by atoms with van der Waals surface area (Å²) in [4.78, 5) is 16.9. The van der Waals surface area contributed by atoms with Crippen molar-refractivity contribution >= 4 is 16.8 Å². The molecule has 1 aromatic heterocycles. The number of carbonyl (C=O) groups excluding carboxylic acids is 1. The first-order chi connectivity index (χ1) is 8.78. The molecule has 18 heavy (non-hydrogen) atoms. The lowest BCUT2D eigenvalue weighted by Crippen LogP contribution is -2.24. The zero-order chi connectivity index (χ0) is 12.5. The van der Waals surface area contributed by atoms with Crippen LogP contribution in [0.4, 0.5) is 0 Å². The largest absolute Gasteiger partial charge is 0.361 e. The summed E-state index contributed by atoms with van der Waals surface area (Å²) in [5.74, 6) is 2.90. The number of nitrogens with one attached hydrogen (secondary N) is 1. The topological polar surface area (TPSA) is 36.1 Å². The molecule has 0 saturated carbocycles. The third kappa shape index (κ3) is 1.76. The molecule has 3 nitrogen and oxygen atoms in total. The molecule has 1 atom stereocenters. The van der Waals surface area contributed by atoms with Gasteiger partial charge >= 0.3 is 0 Å². The Labute approximate surface area is 106 Å². The van der Waals surface area contributed by atoms with E-state index in [1.807, 2.05) is 29.3 Å². The Bertz CT molecular complexity index is 635. The first-order valence-corrected chi connectivity index (χ1v) is 6.07. The highest BCUT2D eigenvalue weighted by atomic mass is 16.2. The molecule has 1 aliphatic heterocycles. The lowest BCUT2D eigenvalue weighted by atomic mass is 10.1. The summed E-state index contributed by atoms with van der Waals surface area (Å²) in [5, 5.41) is 1.18. The Kier molecular flexibility index (Phi) is 2.56. The van der Waals surface area contributed by atoms with Gasteiger partial charge in [0.05, 0.1) is 0 Å². The molecule has 1 N–H and O–H groups in total. The van der Waals surface area contributed by atoms with E-state index in [0.29, 0.717) is 19.5 Å². The molecule has 1 amide bonds. The van der Waals surface area contributed by atoms with Gasteiger partial charge in [0.2, 0.25) is 5.91 Å². The number of hydrogen-bond acceptors (Lipinski definition) is 1. The Morgan fingerprint density at radius 1 is 1.44 bits per heavy atom. The van der Waals surface area contributed by atoms with Gasteiger partial charge < -0.3 is 9.88 Å². The Hall–Kier alpha value is -2.21. The molecule has 90 valence electrons. The van der Waals surface area contributed by atoms with Crippen molar-refractivity contribution in [3.8, 4) is 12.3 Å². The molecule has 3 rings (SSSR count). The number of para-hydroxylation sites is 1. The average molecular weight is 238 g/mol. The van der Waals surface area contributed by atoms with Crippen LogP contribution in [0.2, 0.25) is 0 Å². The van der Waals surface area contributed by atoms with E-state index in [1.54, 1.807) is 0 Å². The van der Waals surface area contributed by atoms with Crippen molar-refractivity contribution in [1.82, 2.24) is 9.88 Å². The number of rotatable bonds is 2. The average Bonchev–Trinajstić information content (AvgIpc) is 2.95. The zero-order valence-corrected chi connectivity index (χ0v) is 10.0. The quantitative estimate of drug-likeness (QED) is 0.799. The Balaban J connectivity index is 1.85. The van der Waals surface area contributed by atoms with Crippen molar-refractivity contribution in [3.05, 3.63) is 36.0 Å². The van der Waals surface area contributed by atoms with Gasteiger partial charge in [0.15, 0.2) is 0 Å². The molecule has 0 aliphatic carbocycles. The summed E-state index contributed by atoms with van der Waals surface area (Å²) in [6.07, 6.45) is 7.85. The molecule has 0 spiro atoms. The van der Waals surface area contributed by atoms with Crippen molar-refractivity contribution in [2.45, 2.75) is 13.0 Å². The summed E-state index contributed by atoms with van der Waals surface area (Å²) in [5.41, 5.74) is 2.25. The minimum Gasteiger partial charge on any atom is -0.361 e. The summed E-state index contributed by atoms with van der Waals surface area (Å²) < 4.78 is 0. The number of aromatic nitrogens is 1. The van der Waals surface area contributed by atoms with Crippen LogP contribution in [-0.2, 0) is 11.3 Å². The third-order valence-corrected chi connectivity index (χ3v) is 3.49. The van der Waals surface area contributed by atoms with Crippen LogP contribution in [-0.4, -0.2) is 22.3 Å². The normalized spacial score (nSPS) is 19.4. The van der Waals surface area contributed by atoms with Crippen LogP contribution in [0.3, 0.4) is 0 Å². The fourth-order valence-electron chi connectivity index (χ4n) is 2.50. The van der Waals surface area contributed by atoms with Crippen molar-refractivity contribution in [2.75, 3.05) is 6.54 Å². The standard InChI is InChI=1S/C15H14N2O/c1-2-11-7-15(18)17(9-11)10-12-8-16-14-6-4-3-5-13(12)14/h1,3-6,8,11,16H,7,9-10H2. The minimum atomic E-state index is 0.0720. The van der Waals surface area contributed by atoms with Crippen LogP contribution >= 0.6 is 0 Å². The maximum Gasteiger partial charge on any atom is 0.224 e. The Morgan fingerprint density at radius 3 is 3.06 bits per heavy atom. The van der Waals surface area contributed by atoms with E-state index in [2.05, 4.69) is 17.0 Å². The molecule has 1 aliphatic rings. The fraction of sp³-hybridized carbons (Fsp3) is 0.267. The summed E-state index contributed by atoms with van der Waals surface area (Å²) in [6.45, 7) is 1.32. The first kappa shape index (κ1) is 10.9. The maximum absolute atomic E-state index is 11.8. The number of carbonyl (C=O) groups is 1. The molecule has 0 bridgehead atoms. The van der Waals surface area contributed by atoms with Crippen LogP contribution < -0.4 is 0 Å². The van der Waals surface area contributed by atoms with Gasteiger partial charge in [-0.2, -0.15) is 0 Å². The van der Waals surface area contributed by atoms with E-state index in [0.717, 1.165) is 11.1 Å². The molecule has 1 unspecified atom stereocenters. The minimum absolute atomic E-state index is 0.0720. The van der Waals surface area contributed by atoms with Crippen molar-refractivity contribution in [2.24, 2.45) is 5.92 Å². The van der Waals surface area contributed by atoms with E-state index in [4.69, 9.17) is 6.42 Å². The zero-order valence-electron chi connectivity index (χ0n) is 10.0. The van der Waals surface area contributed by atoms with Gasteiger partial charge in [-0.05, 0) is 11.6 Å². The van der Waals surface area contributed by atoms with Crippen LogP contribution in [0.25, 0.3) is 10.9 Å². The van der Waals surface area contributed by atoms with Crippen LogP contribution in [0.15, 0.2) is 30.5 Å². The molecule has 2 aromatic rings. The summed E-state index contributed by atoms with van der Waals surface area (Å²) in [7, 11) is 0. The Morgan fingerprint density at radius 2 is 2.28 bits per heavy atom. The van der Waals surface area contributed by atoms with Gasteiger partial charge in [-0.1, -0.05) is 18.2 Å². The van der Waals surface area contributed by atoms with Crippen LogP contribution in [0.1, 0.15) is 12.0 Å². The van der Waals surface area contributed by atoms with Gasteiger partial charge in [0, 0.05) is 42.5 Å². The second-order valence-corrected chi connectivity index (χ2v) is 4.70. The van der Waals surface area contributed by atoms with Crippen molar-refractivity contribution in [3.63, 3.8) is 0 Å². The lowest BCUT2D eigenvalue weighted by Gasteiger charge is -2.15. The van der Waals surface area contributed by atoms with Gasteiger partial charge in [0.25, 0.3) is 0 Å². The van der Waals surface area contributed by atoms with Gasteiger partial charge in [-0.25, -0.2) is 0 Å². The SMILES string of the molecule is C#CC1CC(=O)N(Cc2c[nH]c3ccccc23)C1. The predicted molar refractivity (Wildman–Crippen MR) is 70.7 cm³/mol. The highest BCUT2D eigenvalue weighted by Crippen LogP contribution is 2.23. The maximum atomic E-state index is 11.8. The predicted octanol–water partition coefficient (Wildman–Crippen LogP) is 2.15. The van der Waals surface area contributed by atoms with Crippen molar-refractivity contribution < 1.29 is 4.79 Å². The van der Waals surface area contributed by atoms with E-state index in [-0.39, 0.29) is 11.8 Å². The molecule has 3 heteroatoms. The van der Waals surface area contributed by atoms with E-state index in [9.17, 15) is 4.79 Å².